The number of fused-ring (bicyclic) bond motifs is 3. The molecule has 0 saturated carbocycles. The van der Waals surface area contributed by atoms with E-state index < -0.39 is 0 Å². The van der Waals surface area contributed by atoms with Crippen LogP contribution in [0.5, 0.6) is 0 Å². The predicted molar refractivity (Wildman–Crippen MR) is 48.2 cm³/mol. The molecule has 0 aliphatic carbocycles. The Morgan fingerprint density at radius 1 is 1.50 bits per heavy atom. The Balaban J connectivity index is 2.09. The van der Waals surface area contributed by atoms with Crippen LogP contribution in [-0.4, -0.2) is 19.9 Å². The van der Waals surface area contributed by atoms with Crippen molar-refractivity contribution in [3.63, 3.8) is 0 Å². The molecule has 3 heterocycles. The van der Waals surface area contributed by atoms with Crippen molar-refractivity contribution in [3.8, 4) is 0 Å². The summed E-state index contributed by atoms with van der Waals surface area (Å²) < 4.78 is 2.24. The molecular weight excluding hydrogens is 147 g/mol. The molecule has 2 nitrogen and oxygen atoms in total. The molecule has 1 unspecified atom stereocenters. The van der Waals surface area contributed by atoms with E-state index in [4.69, 9.17) is 0 Å². The van der Waals surface area contributed by atoms with E-state index in [1.54, 1.807) is 0 Å². The maximum absolute atomic E-state index is 2.49. The average molecular weight is 158 g/mol. The summed E-state index contributed by atoms with van der Waals surface area (Å²) in [5, 5.41) is 0. The SMILES string of the molecule is [B]1C2CCCN2c2cccc[n+]21. The molecule has 0 aromatic carbocycles. The first-order valence-corrected chi connectivity index (χ1v) is 4.57. The number of hydrogen-bond donors (Lipinski definition) is 0. The Hall–Kier alpha value is -0.985. The molecule has 0 amide bonds. The summed E-state index contributed by atoms with van der Waals surface area (Å²) in [7, 11) is 2.32. The number of hydrogen-bond acceptors (Lipinski definition) is 1. The molecule has 0 spiro atoms. The van der Waals surface area contributed by atoms with Crippen LogP contribution in [0.3, 0.4) is 0 Å². The van der Waals surface area contributed by atoms with Crippen molar-refractivity contribution in [2.45, 2.75) is 18.8 Å². The van der Waals surface area contributed by atoms with Gasteiger partial charge in [-0.05, 0) is 18.9 Å². The van der Waals surface area contributed by atoms with Crippen molar-refractivity contribution in [1.29, 1.82) is 0 Å². The highest BCUT2D eigenvalue weighted by atomic mass is 15.3. The van der Waals surface area contributed by atoms with Gasteiger partial charge in [-0.2, -0.15) is 0 Å². The quantitative estimate of drug-likeness (QED) is 0.495. The number of pyridine rings is 1. The lowest BCUT2D eigenvalue weighted by molar-refractivity contribution is -0.509. The summed E-state index contributed by atoms with van der Waals surface area (Å²) in [6.45, 7) is 1.23. The summed E-state index contributed by atoms with van der Waals surface area (Å²) in [6.07, 6.45) is 4.80. The summed E-state index contributed by atoms with van der Waals surface area (Å²) in [5.41, 5.74) is 0. The zero-order valence-corrected chi connectivity index (χ0v) is 6.98. The summed E-state index contributed by atoms with van der Waals surface area (Å²) in [5.74, 6) is 2.03. The van der Waals surface area contributed by atoms with E-state index in [-0.39, 0.29) is 0 Å². The Bertz CT molecular complexity index is 313. The fourth-order valence-corrected chi connectivity index (χ4v) is 2.23. The zero-order valence-electron chi connectivity index (χ0n) is 6.98. The third-order valence-corrected chi connectivity index (χ3v) is 2.79. The van der Waals surface area contributed by atoms with Crippen molar-refractivity contribution in [2.24, 2.45) is 0 Å². The summed E-state index contributed by atoms with van der Waals surface area (Å²) in [4.78, 5) is 2.49. The van der Waals surface area contributed by atoms with Gasteiger partial charge in [0.25, 0.3) is 5.82 Å². The van der Waals surface area contributed by atoms with Crippen molar-refractivity contribution in [1.82, 2.24) is 0 Å². The van der Waals surface area contributed by atoms with Crippen LogP contribution in [-0.2, 0) is 0 Å². The van der Waals surface area contributed by atoms with Gasteiger partial charge in [0.15, 0.2) is 0 Å². The monoisotopic (exact) mass is 158 g/mol. The first kappa shape index (κ1) is 6.52. The molecule has 1 saturated heterocycles. The lowest BCUT2D eigenvalue weighted by Crippen LogP contribution is -2.39. The van der Waals surface area contributed by atoms with Crippen LogP contribution in [0.25, 0.3) is 0 Å². The Labute approximate surface area is 73.1 Å². The van der Waals surface area contributed by atoms with Crippen LogP contribution >= 0.6 is 0 Å². The Morgan fingerprint density at radius 2 is 2.50 bits per heavy atom. The molecule has 0 N–H and O–H groups in total. The third-order valence-electron chi connectivity index (χ3n) is 2.79. The van der Waals surface area contributed by atoms with Gasteiger partial charge in [0.2, 0.25) is 0 Å². The van der Waals surface area contributed by atoms with Gasteiger partial charge >= 0.3 is 7.41 Å². The minimum absolute atomic E-state index is 0.674. The van der Waals surface area contributed by atoms with E-state index in [0.717, 1.165) is 0 Å². The Morgan fingerprint density at radius 3 is 3.50 bits per heavy atom. The standard InChI is InChI=1S/C9H11BN2/c1-2-7-12-9(5-1)11-6-3-4-8(11)10-12/h1-2,5,7-8H,3-4,6H2/q+1. The number of nitrogens with zero attached hydrogens (tertiary/aromatic N) is 2. The van der Waals surface area contributed by atoms with Crippen LogP contribution in [0.4, 0.5) is 5.82 Å². The first-order valence-electron chi connectivity index (χ1n) is 4.57. The van der Waals surface area contributed by atoms with Crippen LogP contribution in [0.15, 0.2) is 24.4 Å². The second-order valence-corrected chi connectivity index (χ2v) is 3.52. The molecule has 1 aromatic heterocycles. The van der Waals surface area contributed by atoms with Crippen LogP contribution in [0.2, 0.25) is 0 Å². The molecule has 1 fully saturated rings. The highest BCUT2D eigenvalue weighted by molar-refractivity contribution is 6.30. The molecule has 12 heavy (non-hydrogen) atoms. The van der Waals surface area contributed by atoms with Gasteiger partial charge in [-0.15, -0.1) is 0 Å². The number of anilines is 1. The van der Waals surface area contributed by atoms with Gasteiger partial charge in [0.1, 0.15) is 5.94 Å². The van der Waals surface area contributed by atoms with Crippen LogP contribution in [0.1, 0.15) is 12.8 Å². The molecule has 59 valence electrons. The highest BCUT2D eigenvalue weighted by Crippen LogP contribution is 2.25. The van der Waals surface area contributed by atoms with Gasteiger partial charge in [-0.3, -0.25) is 9.38 Å². The van der Waals surface area contributed by atoms with Crippen LogP contribution < -0.4 is 9.38 Å². The first-order chi connectivity index (χ1) is 5.95. The highest BCUT2D eigenvalue weighted by Gasteiger charge is 2.42. The van der Waals surface area contributed by atoms with E-state index >= 15 is 0 Å². The van der Waals surface area contributed by atoms with E-state index in [2.05, 4.69) is 41.2 Å². The lowest BCUT2D eigenvalue weighted by atomic mass is 9.82. The van der Waals surface area contributed by atoms with E-state index in [9.17, 15) is 0 Å². The molecule has 3 heteroatoms. The second kappa shape index (κ2) is 2.25. The maximum Gasteiger partial charge on any atom is 0.447 e. The van der Waals surface area contributed by atoms with E-state index in [0.29, 0.717) is 5.94 Å². The van der Waals surface area contributed by atoms with Crippen molar-refractivity contribution in [2.75, 3.05) is 11.4 Å². The number of rotatable bonds is 0. The minimum atomic E-state index is 0.674. The minimum Gasteiger partial charge on any atom is -0.296 e. The topological polar surface area (TPSA) is 7.12 Å². The molecule has 2 aliphatic rings. The second-order valence-electron chi connectivity index (χ2n) is 3.52. The van der Waals surface area contributed by atoms with Crippen molar-refractivity contribution < 1.29 is 4.48 Å². The van der Waals surface area contributed by atoms with Crippen molar-refractivity contribution in [3.05, 3.63) is 24.4 Å². The molecule has 1 radical (unpaired) electrons. The summed E-state index contributed by atoms with van der Waals surface area (Å²) in [6, 6.07) is 6.39. The zero-order chi connectivity index (χ0) is 7.97. The maximum atomic E-state index is 2.49. The molecule has 1 atom stereocenters. The predicted octanol–water partition coefficient (Wildman–Crippen LogP) is 0.381. The fraction of sp³-hybridized carbons (Fsp3) is 0.444. The molecule has 1 aromatic rings. The van der Waals surface area contributed by atoms with E-state index in [1.165, 1.54) is 25.2 Å². The smallest absolute Gasteiger partial charge is 0.296 e. The van der Waals surface area contributed by atoms with Gasteiger partial charge in [0.05, 0.1) is 12.7 Å². The van der Waals surface area contributed by atoms with Gasteiger partial charge in [-0.25, -0.2) is 0 Å². The van der Waals surface area contributed by atoms with E-state index in [1.807, 2.05) is 0 Å². The fourth-order valence-electron chi connectivity index (χ4n) is 2.23. The van der Waals surface area contributed by atoms with Gasteiger partial charge in [-0.1, -0.05) is 6.07 Å². The normalized spacial score (nSPS) is 25.0. The van der Waals surface area contributed by atoms with Gasteiger partial charge in [0, 0.05) is 6.07 Å². The van der Waals surface area contributed by atoms with Crippen LogP contribution in [0, 0.1) is 0 Å². The summed E-state index contributed by atoms with van der Waals surface area (Å²) >= 11 is 0. The molecular formula is C9H11BN2+. The lowest BCUT2D eigenvalue weighted by Gasteiger charge is -2.07. The molecule has 2 aliphatic heterocycles. The molecule has 3 rings (SSSR count). The average Bonchev–Trinajstić information content (AvgIpc) is 2.62. The molecule has 0 bridgehead atoms. The van der Waals surface area contributed by atoms with Gasteiger partial charge < -0.3 is 0 Å². The largest absolute Gasteiger partial charge is 0.447 e. The number of aromatic nitrogens is 1. The van der Waals surface area contributed by atoms with Crippen molar-refractivity contribution >= 4 is 13.2 Å². The Kier molecular flexibility index (Phi) is 1.22. The third kappa shape index (κ3) is 0.738.